The van der Waals surface area contributed by atoms with E-state index in [0.29, 0.717) is 111 Å². The summed E-state index contributed by atoms with van der Waals surface area (Å²) in [6.07, 6.45) is 6.02. The molecule has 0 atom stereocenters. The van der Waals surface area contributed by atoms with Gasteiger partial charge in [-0.15, -0.1) is 0 Å². The van der Waals surface area contributed by atoms with Crippen LogP contribution in [0, 0.1) is 11.8 Å². The van der Waals surface area contributed by atoms with Crippen molar-refractivity contribution in [3.63, 3.8) is 0 Å². The number of fused-ring (bicyclic) bond motifs is 4. The molecule has 83 heavy (non-hydrogen) atoms. The standard InChI is InChI=1S/C34H47F2N7O5Si.C23H25F2N7O2/c1-33(2,3)39-30(44)24-19-42(20-46-12-13-49(7,8)9)29-28(24)38-25(15-37-29)27-23-14-22(47-31(35)36)10-11-26(23)43(40-27)18-21-16-41(17-21)32(45)48-34(4,5)6;1-23(2,3)30-21(33)15-9-27-20-19(15)29-16(10-28-20)18-14-6-13(34-22(24)25)4-5-17(14)32(31-18)11-12-7-26-8-12/h10-11,14-15,19,21,31H,12-13,16-18,20H2,1-9H3,(H,39,44);4-6,9-10,12,22,26H,7-8,11H2,1-3H3,(H,27,28)(H,30,33). The van der Waals surface area contributed by atoms with Gasteiger partial charge >= 0.3 is 19.3 Å². The number of alkyl halides is 4. The highest BCUT2D eigenvalue weighted by Gasteiger charge is 2.35. The minimum atomic E-state index is -3.00. The Morgan fingerprint density at radius 2 is 1.25 bits per heavy atom. The first-order chi connectivity index (χ1) is 38.9. The summed E-state index contributed by atoms with van der Waals surface area (Å²) in [5.41, 5.74) is 4.02. The molecule has 2 aromatic carbocycles. The molecule has 3 amide bonds. The van der Waals surface area contributed by atoms with Crippen molar-refractivity contribution in [1.82, 2.24) is 69.9 Å². The molecule has 0 bridgehead atoms. The maximum absolute atomic E-state index is 13.5. The first-order valence-electron chi connectivity index (χ1n) is 27.5. The van der Waals surface area contributed by atoms with Gasteiger partial charge in [-0.1, -0.05) is 19.6 Å². The number of aromatic amines is 1. The van der Waals surface area contributed by atoms with E-state index in [9.17, 15) is 31.9 Å². The lowest BCUT2D eigenvalue weighted by atomic mass is 10.0. The number of hydrogen-bond acceptors (Lipinski definition) is 14. The number of carbonyl (C=O) groups excluding carboxylic acids is 3. The van der Waals surface area contributed by atoms with Gasteiger partial charge in [0.05, 0.1) is 34.6 Å². The van der Waals surface area contributed by atoms with Crippen molar-refractivity contribution in [2.24, 2.45) is 11.8 Å². The maximum Gasteiger partial charge on any atom is 0.410 e. The summed E-state index contributed by atoms with van der Waals surface area (Å²) in [5, 5.41) is 20.0. The fraction of sp³-hybridized carbons (Fsp3) is 0.491. The molecule has 8 heterocycles. The summed E-state index contributed by atoms with van der Waals surface area (Å²) >= 11 is 0. The van der Waals surface area contributed by atoms with Crippen LogP contribution in [0.1, 0.15) is 83.0 Å². The number of hydrogen-bond donors (Lipinski definition) is 4. The fourth-order valence-electron chi connectivity index (χ4n) is 9.42. The highest BCUT2D eigenvalue weighted by Crippen LogP contribution is 2.35. The monoisotopic (exact) mass is 1170 g/mol. The van der Waals surface area contributed by atoms with Crippen LogP contribution in [0.4, 0.5) is 22.4 Å². The van der Waals surface area contributed by atoms with Gasteiger partial charge in [0.1, 0.15) is 57.6 Å². The molecule has 21 nitrogen and oxygen atoms in total. The molecule has 0 aliphatic carbocycles. The Morgan fingerprint density at radius 3 is 1.76 bits per heavy atom. The first kappa shape index (κ1) is 59.9. The highest BCUT2D eigenvalue weighted by molar-refractivity contribution is 6.76. The third kappa shape index (κ3) is 14.7. The van der Waals surface area contributed by atoms with E-state index in [4.69, 9.17) is 39.4 Å². The zero-order valence-electron chi connectivity index (χ0n) is 48.8. The molecule has 0 unspecified atom stereocenters. The van der Waals surface area contributed by atoms with Crippen molar-refractivity contribution in [3.8, 4) is 34.3 Å². The number of rotatable bonds is 17. The Morgan fingerprint density at radius 1 is 0.723 bits per heavy atom. The third-order valence-corrected chi connectivity index (χ3v) is 15.1. The smallest absolute Gasteiger partial charge is 0.410 e. The van der Waals surface area contributed by atoms with Crippen LogP contribution in [0.3, 0.4) is 0 Å². The molecule has 444 valence electrons. The van der Waals surface area contributed by atoms with E-state index in [1.807, 2.05) is 67.0 Å². The number of aromatic nitrogens is 10. The molecule has 4 N–H and O–H groups in total. The molecular formula is C57H72F4N14O7Si. The van der Waals surface area contributed by atoms with Crippen molar-refractivity contribution in [2.75, 3.05) is 32.8 Å². The van der Waals surface area contributed by atoms with Crippen molar-refractivity contribution < 1.29 is 50.9 Å². The summed E-state index contributed by atoms with van der Waals surface area (Å²) in [4.78, 5) is 62.1. The minimum Gasteiger partial charge on any atom is -0.444 e. The molecule has 0 spiro atoms. The van der Waals surface area contributed by atoms with Crippen molar-refractivity contribution in [3.05, 3.63) is 72.3 Å². The van der Waals surface area contributed by atoms with E-state index in [2.05, 4.69) is 50.3 Å². The maximum atomic E-state index is 13.5. The molecule has 0 radical (unpaired) electrons. The number of likely N-dealkylation sites (tertiary alicyclic amines) is 1. The van der Waals surface area contributed by atoms with E-state index in [1.165, 1.54) is 24.3 Å². The second-order valence-electron chi connectivity index (χ2n) is 25.3. The molecule has 8 aromatic rings. The van der Waals surface area contributed by atoms with E-state index < -0.39 is 38.0 Å². The van der Waals surface area contributed by atoms with Gasteiger partial charge < -0.3 is 49.3 Å². The van der Waals surface area contributed by atoms with Crippen LogP contribution >= 0.6 is 0 Å². The van der Waals surface area contributed by atoms with Gasteiger partial charge in [-0.2, -0.15) is 27.8 Å². The Hall–Kier alpha value is -7.71. The average molecular weight is 1170 g/mol. The molecule has 2 fully saturated rings. The number of carbonyl (C=O) groups is 3. The Kier molecular flexibility index (Phi) is 17.0. The Balaban J connectivity index is 0.000000212. The van der Waals surface area contributed by atoms with E-state index in [1.54, 1.807) is 51.1 Å². The molecule has 2 aliphatic heterocycles. The lowest BCUT2D eigenvalue weighted by Gasteiger charge is -2.39. The Labute approximate surface area is 478 Å². The molecule has 2 aliphatic rings. The number of nitrogens with one attached hydrogen (secondary N) is 4. The number of nitrogens with zero attached hydrogens (tertiary/aromatic N) is 10. The van der Waals surface area contributed by atoms with Crippen molar-refractivity contribution >= 4 is 70.1 Å². The van der Waals surface area contributed by atoms with E-state index in [0.717, 1.165) is 24.7 Å². The van der Waals surface area contributed by atoms with Crippen LogP contribution in [0.25, 0.3) is 66.9 Å². The number of H-pyrrole nitrogens is 1. The Bertz CT molecular complexity index is 3670. The van der Waals surface area contributed by atoms with Gasteiger partial charge in [0, 0.05) is 100 Å². The second-order valence-corrected chi connectivity index (χ2v) is 30.9. The summed E-state index contributed by atoms with van der Waals surface area (Å²) < 4.78 is 78.3. The van der Waals surface area contributed by atoms with Gasteiger partial charge in [0.15, 0.2) is 11.3 Å². The fourth-order valence-corrected chi connectivity index (χ4v) is 10.2. The van der Waals surface area contributed by atoms with Gasteiger partial charge in [-0.25, -0.2) is 24.7 Å². The molecule has 10 rings (SSSR count). The van der Waals surface area contributed by atoms with Crippen LogP contribution in [0.5, 0.6) is 11.5 Å². The van der Waals surface area contributed by atoms with Gasteiger partial charge in [-0.3, -0.25) is 19.0 Å². The SMILES string of the molecule is CC(C)(C)NC(=O)c1c[nH]c2ncc(-c3nn(CC4CNC4)c4ccc(OC(F)F)cc34)nc12.CC(C)(C)NC(=O)c1cn(COCC[Si](C)(C)C)c2ncc(-c3nn(CC4CN(C(=O)OC(C)(C)C)C4)c4ccc(OC(F)F)cc34)nc12. The minimum absolute atomic E-state index is 0.0241. The summed E-state index contributed by atoms with van der Waals surface area (Å²) in [7, 11) is -1.30. The second kappa shape index (κ2) is 23.5. The van der Waals surface area contributed by atoms with E-state index >= 15 is 0 Å². The summed E-state index contributed by atoms with van der Waals surface area (Å²) in [6.45, 7) is 22.4. The molecule has 26 heteroatoms. The quantitative estimate of drug-likeness (QED) is 0.0377. The van der Waals surface area contributed by atoms with Gasteiger partial charge in [0.2, 0.25) is 0 Å². The van der Waals surface area contributed by atoms with Crippen molar-refractivity contribution in [2.45, 2.75) is 138 Å². The number of benzene rings is 2. The van der Waals surface area contributed by atoms with Crippen LogP contribution in [-0.4, -0.2) is 143 Å². The third-order valence-electron chi connectivity index (χ3n) is 13.4. The summed E-state index contributed by atoms with van der Waals surface area (Å²) in [5.74, 6) is -0.0490. The lowest BCUT2D eigenvalue weighted by Crippen LogP contribution is -2.52. The number of ether oxygens (including phenoxy) is 4. The zero-order chi connectivity index (χ0) is 59.9. The highest BCUT2D eigenvalue weighted by atomic mass is 28.3. The van der Waals surface area contributed by atoms with Gasteiger partial charge in [0.25, 0.3) is 11.8 Å². The van der Waals surface area contributed by atoms with E-state index in [-0.39, 0.29) is 42.1 Å². The lowest BCUT2D eigenvalue weighted by molar-refractivity contribution is -0.0504. The van der Waals surface area contributed by atoms with Crippen LogP contribution in [0.15, 0.2) is 61.2 Å². The first-order valence-corrected chi connectivity index (χ1v) is 31.2. The zero-order valence-corrected chi connectivity index (χ0v) is 49.8. The number of halogens is 4. The predicted molar refractivity (Wildman–Crippen MR) is 308 cm³/mol. The normalized spacial score (nSPS) is 14.6. The topological polar surface area (TPSA) is 235 Å². The van der Waals surface area contributed by atoms with Crippen LogP contribution < -0.4 is 25.4 Å². The number of amides is 3. The van der Waals surface area contributed by atoms with Gasteiger partial charge in [-0.05, 0) is 105 Å². The predicted octanol–water partition coefficient (Wildman–Crippen LogP) is 10.1. The molecule has 0 saturated carbocycles. The van der Waals surface area contributed by atoms with Crippen LogP contribution in [0.2, 0.25) is 25.7 Å². The largest absolute Gasteiger partial charge is 0.444 e. The average Bonchev–Trinajstić information content (AvgIpc) is 2.92. The van der Waals surface area contributed by atoms with Crippen molar-refractivity contribution in [1.29, 1.82) is 0 Å². The molecular weight excluding hydrogens is 1100 g/mol. The van der Waals surface area contributed by atoms with Crippen LogP contribution in [-0.2, 0) is 29.3 Å². The molecule has 2 saturated heterocycles. The molecule has 6 aromatic heterocycles. The summed E-state index contributed by atoms with van der Waals surface area (Å²) in [6, 6.07) is 10.4.